The number of halogens is 1. The molecule has 0 radical (unpaired) electrons. The number of anilines is 1. The largest absolute Gasteiger partial charge is 0.363 e. The molecule has 1 aromatic carbocycles. The van der Waals surface area contributed by atoms with Crippen LogP contribution in [0.2, 0.25) is 0 Å². The Morgan fingerprint density at radius 2 is 2.08 bits per heavy atom. The topological polar surface area (TPSA) is 62.5 Å². The fourth-order valence-corrected chi connectivity index (χ4v) is 3.60. The Hall–Kier alpha value is -2.06. The molecular formula is C16H19FN4O2S. The van der Waals surface area contributed by atoms with E-state index in [1.807, 2.05) is 4.90 Å². The zero-order valence-corrected chi connectivity index (χ0v) is 14.3. The summed E-state index contributed by atoms with van der Waals surface area (Å²) in [7, 11) is 0. The van der Waals surface area contributed by atoms with Gasteiger partial charge in [-0.1, -0.05) is 6.92 Å². The fourth-order valence-electron chi connectivity index (χ4n) is 2.86. The van der Waals surface area contributed by atoms with Gasteiger partial charge in [0.15, 0.2) is 0 Å². The second-order valence-corrected chi connectivity index (χ2v) is 6.68. The van der Waals surface area contributed by atoms with Gasteiger partial charge in [0.2, 0.25) is 0 Å². The van der Waals surface area contributed by atoms with Crippen LogP contribution in [0.1, 0.15) is 17.6 Å². The molecular weight excluding hydrogens is 331 g/mol. The molecule has 128 valence electrons. The first kappa shape index (κ1) is 16.8. The smallest absolute Gasteiger partial charge is 0.292 e. The van der Waals surface area contributed by atoms with Gasteiger partial charge in [-0.05, 0) is 12.5 Å². The summed E-state index contributed by atoms with van der Waals surface area (Å²) in [5.41, 5.74) is 1.39. The van der Waals surface area contributed by atoms with Crippen molar-refractivity contribution in [3.63, 3.8) is 0 Å². The molecule has 3 rings (SSSR count). The number of aromatic nitrogens is 1. The molecule has 2 heterocycles. The van der Waals surface area contributed by atoms with E-state index < -0.39 is 10.7 Å². The lowest BCUT2D eigenvalue weighted by atomic mass is 10.2. The van der Waals surface area contributed by atoms with Gasteiger partial charge in [0.1, 0.15) is 11.5 Å². The van der Waals surface area contributed by atoms with Crippen LogP contribution < -0.4 is 4.90 Å². The standard InChI is InChI=1S/C16H19FN4O2S/c1-2-16-18-13(11-24-16)10-19-5-7-20(8-6-19)15-9-12(17)3-4-14(15)21(22)23/h3-4,9,11H,2,5-8,10H2,1H3. The van der Waals surface area contributed by atoms with Gasteiger partial charge >= 0.3 is 0 Å². The Morgan fingerprint density at radius 1 is 1.33 bits per heavy atom. The first-order valence-electron chi connectivity index (χ1n) is 7.91. The molecule has 6 nitrogen and oxygen atoms in total. The maximum Gasteiger partial charge on any atom is 0.292 e. The van der Waals surface area contributed by atoms with E-state index in [4.69, 9.17) is 0 Å². The van der Waals surface area contributed by atoms with Crippen LogP contribution in [0.15, 0.2) is 23.6 Å². The average molecular weight is 350 g/mol. The lowest BCUT2D eigenvalue weighted by Crippen LogP contribution is -2.46. The summed E-state index contributed by atoms with van der Waals surface area (Å²) in [6.07, 6.45) is 0.946. The van der Waals surface area contributed by atoms with E-state index in [0.29, 0.717) is 18.8 Å². The highest BCUT2D eigenvalue weighted by Gasteiger charge is 2.24. The lowest BCUT2D eigenvalue weighted by Gasteiger charge is -2.35. The number of hydrogen-bond donors (Lipinski definition) is 0. The Balaban J connectivity index is 1.65. The number of nitro groups is 1. The molecule has 0 bridgehead atoms. The molecule has 0 saturated carbocycles. The molecule has 1 aromatic heterocycles. The SMILES string of the molecule is CCc1nc(CN2CCN(c3cc(F)ccc3[N+](=O)[O-])CC2)cs1. The molecule has 24 heavy (non-hydrogen) atoms. The number of thiazole rings is 1. The molecule has 0 unspecified atom stereocenters. The maximum atomic E-state index is 13.5. The first-order valence-corrected chi connectivity index (χ1v) is 8.79. The van der Waals surface area contributed by atoms with E-state index >= 15 is 0 Å². The predicted octanol–water partition coefficient (Wildman–Crippen LogP) is 3.08. The van der Waals surface area contributed by atoms with Crippen LogP contribution in [0.4, 0.5) is 15.8 Å². The van der Waals surface area contributed by atoms with Gasteiger partial charge in [0.25, 0.3) is 5.69 Å². The van der Waals surface area contributed by atoms with E-state index in [1.54, 1.807) is 11.3 Å². The molecule has 1 aliphatic heterocycles. The number of piperazine rings is 1. The zero-order valence-electron chi connectivity index (χ0n) is 13.4. The number of aryl methyl sites for hydroxylation is 1. The monoisotopic (exact) mass is 350 g/mol. The summed E-state index contributed by atoms with van der Waals surface area (Å²) in [5.74, 6) is -0.451. The maximum absolute atomic E-state index is 13.5. The van der Waals surface area contributed by atoms with Crippen molar-refractivity contribution in [1.29, 1.82) is 0 Å². The molecule has 0 amide bonds. The van der Waals surface area contributed by atoms with Crippen molar-refractivity contribution in [1.82, 2.24) is 9.88 Å². The Morgan fingerprint density at radius 3 is 2.71 bits per heavy atom. The minimum Gasteiger partial charge on any atom is -0.363 e. The lowest BCUT2D eigenvalue weighted by molar-refractivity contribution is -0.384. The van der Waals surface area contributed by atoms with Crippen molar-refractivity contribution in [3.8, 4) is 0 Å². The third kappa shape index (κ3) is 3.70. The first-order chi connectivity index (χ1) is 11.6. The van der Waals surface area contributed by atoms with Gasteiger partial charge in [-0.25, -0.2) is 9.37 Å². The summed E-state index contributed by atoms with van der Waals surface area (Å²) < 4.78 is 13.5. The Kier molecular flexibility index (Phi) is 5.06. The molecule has 0 N–H and O–H groups in total. The van der Waals surface area contributed by atoms with Crippen molar-refractivity contribution in [3.05, 3.63) is 50.2 Å². The highest BCUT2D eigenvalue weighted by atomic mass is 32.1. The highest BCUT2D eigenvalue weighted by Crippen LogP contribution is 2.29. The van der Waals surface area contributed by atoms with Crippen molar-refractivity contribution in [2.75, 3.05) is 31.1 Å². The van der Waals surface area contributed by atoms with Crippen molar-refractivity contribution >= 4 is 22.7 Å². The molecule has 0 spiro atoms. The van der Waals surface area contributed by atoms with E-state index in [0.717, 1.165) is 42.8 Å². The molecule has 1 saturated heterocycles. The predicted molar refractivity (Wildman–Crippen MR) is 92.0 cm³/mol. The van der Waals surface area contributed by atoms with Crippen LogP contribution in [-0.4, -0.2) is 41.0 Å². The summed E-state index contributed by atoms with van der Waals surface area (Å²) in [4.78, 5) is 19.4. The minimum atomic E-state index is -0.456. The number of rotatable bonds is 5. The molecule has 1 aliphatic rings. The number of benzene rings is 1. The van der Waals surface area contributed by atoms with Crippen LogP contribution in [-0.2, 0) is 13.0 Å². The van der Waals surface area contributed by atoms with Gasteiger partial charge in [-0.15, -0.1) is 11.3 Å². The van der Waals surface area contributed by atoms with E-state index in [1.165, 1.54) is 12.1 Å². The van der Waals surface area contributed by atoms with Crippen molar-refractivity contribution in [2.24, 2.45) is 0 Å². The molecule has 0 atom stereocenters. The van der Waals surface area contributed by atoms with Gasteiger partial charge < -0.3 is 4.90 Å². The summed E-state index contributed by atoms with van der Waals surface area (Å²) >= 11 is 1.68. The summed E-state index contributed by atoms with van der Waals surface area (Å²) in [5, 5.41) is 14.4. The number of nitrogens with zero attached hydrogens (tertiary/aromatic N) is 4. The van der Waals surface area contributed by atoms with E-state index in [2.05, 4.69) is 22.2 Å². The summed E-state index contributed by atoms with van der Waals surface area (Å²) in [6.45, 7) is 5.69. The van der Waals surface area contributed by atoms with Crippen LogP contribution in [0, 0.1) is 15.9 Å². The van der Waals surface area contributed by atoms with Gasteiger partial charge in [0.05, 0.1) is 15.6 Å². The summed E-state index contributed by atoms with van der Waals surface area (Å²) in [6, 6.07) is 3.62. The highest BCUT2D eigenvalue weighted by molar-refractivity contribution is 7.09. The molecule has 8 heteroatoms. The Bertz CT molecular complexity index is 729. The quantitative estimate of drug-likeness (QED) is 0.612. The van der Waals surface area contributed by atoms with Crippen LogP contribution in [0.25, 0.3) is 0 Å². The third-order valence-electron chi connectivity index (χ3n) is 4.13. The average Bonchev–Trinajstić information content (AvgIpc) is 3.03. The van der Waals surface area contributed by atoms with Gasteiger partial charge in [-0.2, -0.15) is 0 Å². The van der Waals surface area contributed by atoms with E-state index in [-0.39, 0.29) is 5.69 Å². The van der Waals surface area contributed by atoms with Crippen LogP contribution >= 0.6 is 11.3 Å². The van der Waals surface area contributed by atoms with Crippen LogP contribution in [0.3, 0.4) is 0 Å². The van der Waals surface area contributed by atoms with E-state index in [9.17, 15) is 14.5 Å². The second-order valence-electron chi connectivity index (χ2n) is 5.74. The number of nitro benzene ring substituents is 1. The fraction of sp³-hybridized carbons (Fsp3) is 0.438. The normalized spacial score (nSPS) is 15.7. The number of hydrogen-bond acceptors (Lipinski definition) is 6. The van der Waals surface area contributed by atoms with Gasteiger partial charge in [0, 0.05) is 50.2 Å². The van der Waals surface area contributed by atoms with Crippen LogP contribution in [0.5, 0.6) is 0 Å². The second kappa shape index (κ2) is 7.23. The third-order valence-corrected chi connectivity index (χ3v) is 5.18. The molecule has 0 aliphatic carbocycles. The van der Waals surface area contributed by atoms with Crippen molar-refractivity contribution in [2.45, 2.75) is 19.9 Å². The molecule has 1 fully saturated rings. The minimum absolute atomic E-state index is 0.0445. The van der Waals surface area contributed by atoms with Crippen molar-refractivity contribution < 1.29 is 9.31 Å². The Labute approximate surface area is 143 Å². The zero-order chi connectivity index (χ0) is 17.1. The van der Waals surface area contributed by atoms with Gasteiger partial charge in [-0.3, -0.25) is 15.0 Å². The molecule has 2 aromatic rings.